The zero-order chi connectivity index (χ0) is 29.4. The summed E-state index contributed by atoms with van der Waals surface area (Å²) in [5.74, 6) is 1.04. The van der Waals surface area contributed by atoms with Crippen LogP contribution in [0.5, 0.6) is 23.0 Å². The molecule has 4 N–H and O–H groups in total. The summed E-state index contributed by atoms with van der Waals surface area (Å²) in [6.45, 7) is 1.95. The average Bonchev–Trinajstić information content (AvgIpc) is 3.01. The van der Waals surface area contributed by atoms with Gasteiger partial charge in [0.05, 0.1) is 41.4 Å². The first kappa shape index (κ1) is 28.1. The lowest BCUT2D eigenvalue weighted by molar-refractivity contribution is -0.914. The number of fused-ring (bicyclic) bond motifs is 2. The Morgan fingerprint density at radius 2 is 1.02 bits per heavy atom. The average molecular weight is 567 g/mol. The van der Waals surface area contributed by atoms with E-state index in [4.69, 9.17) is 9.47 Å². The quantitative estimate of drug-likeness (QED) is 0.277. The highest BCUT2D eigenvalue weighted by Crippen LogP contribution is 2.53. The van der Waals surface area contributed by atoms with Crippen molar-refractivity contribution in [3.63, 3.8) is 0 Å². The van der Waals surface area contributed by atoms with Gasteiger partial charge in [-0.15, -0.1) is 0 Å². The van der Waals surface area contributed by atoms with Crippen LogP contribution in [0.4, 0.5) is 0 Å². The smallest absolute Gasteiger partial charge is 0.166 e. The molecule has 0 saturated carbocycles. The van der Waals surface area contributed by atoms with E-state index < -0.39 is 0 Å². The molecule has 2 unspecified atom stereocenters. The van der Waals surface area contributed by atoms with Gasteiger partial charge in [-0.25, -0.2) is 0 Å². The molecule has 4 atom stereocenters. The van der Waals surface area contributed by atoms with Gasteiger partial charge in [-0.3, -0.25) is 0 Å². The minimum absolute atomic E-state index is 0.0800. The number of hydrogen-bond donors (Lipinski definition) is 4. The van der Waals surface area contributed by atoms with Gasteiger partial charge in [0, 0.05) is 47.9 Å². The van der Waals surface area contributed by atoms with Crippen molar-refractivity contribution in [2.45, 2.75) is 37.8 Å². The van der Waals surface area contributed by atoms with E-state index in [9.17, 15) is 10.2 Å². The summed E-state index contributed by atoms with van der Waals surface area (Å²) < 4.78 is 11.5. The molecule has 2 heterocycles. The Morgan fingerprint density at radius 1 is 0.643 bits per heavy atom. The number of nitrogens with one attached hydrogen (secondary N) is 2. The molecule has 42 heavy (non-hydrogen) atoms. The number of benzene rings is 4. The monoisotopic (exact) mass is 566 g/mol. The zero-order valence-electron chi connectivity index (χ0n) is 25.0. The second kappa shape index (κ2) is 11.7. The van der Waals surface area contributed by atoms with Crippen LogP contribution in [-0.2, 0) is 25.7 Å². The Labute approximate surface area is 248 Å². The maximum Gasteiger partial charge on any atom is 0.166 e. The van der Waals surface area contributed by atoms with Crippen LogP contribution in [0, 0.1) is 0 Å². The highest BCUT2D eigenvalue weighted by Gasteiger charge is 2.40. The van der Waals surface area contributed by atoms with Gasteiger partial charge >= 0.3 is 0 Å². The largest absolute Gasteiger partial charge is 0.504 e. The molecule has 0 fully saturated rings. The SMILES string of the molecule is COc1cc2c(c(-c3c(O)c(OC)cc4c3[C@@H](Cc3ccccc3)[NH+](C)CC4)c1O)[C@@H](Cc1ccccc1)[NH+](C)CC2. The molecule has 0 aromatic heterocycles. The molecule has 2 aliphatic heterocycles. The normalized spacial score (nSPS) is 21.3. The molecular weight excluding hydrogens is 524 g/mol. The van der Waals surface area contributed by atoms with Crippen molar-refractivity contribution >= 4 is 0 Å². The summed E-state index contributed by atoms with van der Waals surface area (Å²) in [7, 11) is 7.67. The molecule has 218 valence electrons. The third kappa shape index (κ3) is 4.99. The van der Waals surface area contributed by atoms with Crippen LogP contribution >= 0.6 is 0 Å². The van der Waals surface area contributed by atoms with E-state index in [1.807, 2.05) is 24.3 Å². The predicted octanol–water partition coefficient (Wildman–Crippen LogP) is 3.49. The predicted molar refractivity (Wildman–Crippen MR) is 165 cm³/mol. The highest BCUT2D eigenvalue weighted by atomic mass is 16.5. The Morgan fingerprint density at radius 3 is 1.38 bits per heavy atom. The van der Waals surface area contributed by atoms with E-state index in [2.05, 4.69) is 62.6 Å². The van der Waals surface area contributed by atoms with Crippen molar-refractivity contribution in [1.29, 1.82) is 0 Å². The molecule has 0 amide bonds. The lowest BCUT2D eigenvalue weighted by Crippen LogP contribution is -3.10. The molecule has 0 bridgehead atoms. The fourth-order valence-corrected chi connectivity index (χ4v) is 7.22. The zero-order valence-corrected chi connectivity index (χ0v) is 25.0. The van der Waals surface area contributed by atoms with Crippen LogP contribution in [0.15, 0.2) is 72.8 Å². The number of phenols is 2. The van der Waals surface area contributed by atoms with Gasteiger partial charge in [0.2, 0.25) is 0 Å². The summed E-state index contributed by atoms with van der Waals surface area (Å²) in [5.41, 5.74) is 8.38. The van der Waals surface area contributed by atoms with Crippen LogP contribution < -0.4 is 19.3 Å². The van der Waals surface area contributed by atoms with E-state index in [1.165, 1.54) is 32.1 Å². The van der Waals surface area contributed by atoms with Crippen LogP contribution in [0.3, 0.4) is 0 Å². The van der Waals surface area contributed by atoms with Crippen LogP contribution in [0.2, 0.25) is 0 Å². The molecule has 0 aliphatic carbocycles. The number of likely N-dealkylation sites (N-methyl/N-ethyl adjacent to an activating group) is 2. The van der Waals surface area contributed by atoms with Gasteiger partial charge in [0.25, 0.3) is 0 Å². The second-order valence-corrected chi connectivity index (χ2v) is 11.9. The van der Waals surface area contributed by atoms with Crippen molar-refractivity contribution in [3.05, 3.63) is 106 Å². The van der Waals surface area contributed by atoms with Crippen LogP contribution in [0.1, 0.15) is 45.5 Å². The second-order valence-electron chi connectivity index (χ2n) is 11.9. The van der Waals surface area contributed by atoms with Crippen LogP contribution in [0.25, 0.3) is 11.1 Å². The third-order valence-corrected chi connectivity index (χ3v) is 9.50. The van der Waals surface area contributed by atoms with Crippen molar-refractivity contribution in [1.82, 2.24) is 0 Å². The van der Waals surface area contributed by atoms with E-state index in [1.54, 1.807) is 14.2 Å². The van der Waals surface area contributed by atoms with Crippen molar-refractivity contribution in [2.24, 2.45) is 0 Å². The molecule has 6 nitrogen and oxygen atoms in total. The summed E-state index contributed by atoms with van der Waals surface area (Å²) in [5, 5.41) is 24.0. The number of aromatic hydroxyl groups is 2. The fourth-order valence-electron chi connectivity index (χ4n) is 7.22. The highest BCUT2D eigenvalue weighted by molar-refractivity contribution is 5.87. The number of methoxy groups -OCH3 is 2. The maximum absolute atomic E-state index is 12.0. The molecule has 6 rings (SSSR count). The van der Waals surface area contributed by atoms with E-state index in [0.717, 1.165) is 49.9 Å². The Hall–Kier alpha value is -4.00. The van der Waals surface area contributed by atoms with Crippen LogP contribution in [-0.4, -0.2) is 51.6 Å². The Balaban J connectivity index is 1.64. The molecule has 2 aliphatic rings. The van der Waals surface area contributed by atoms with Gasteiger partial charge in [-0.05, 0) is 34.4 Å². The molecule has 4 aromatic rings. The summed E-state index contributed by atoms with van der Waals surface area (Å²) in [6, 6.07) is 25.3. The van der Waals surface area contributed by atoms with Crippen molar-refractivity contribution in [3.8, 4) is 34.1 Å². The minimum atomic E-state index is 0.0800. The van der Waals surface area contributed by atoms with Gasteiger partial charge in [-0.2, -0.15) is 0 Å². The lowest BCUT2D eigenvalue weighted by atomic mass is 9.77. The van der Waals surface area contributed by atoms with Gasteiger partial charge < -0.3 is 29.5 Å². The molecule has 0 spiro atoms. The van der Waals surface area contributed by atoms with E-state index in [0.29, 0.717) is 22.6 Å². The number of rotatable bonds is 7. The van der Waals surface area contributed by atoms with Gasteiger partial charge in [0.1, 0.15) is 12.1 Å². The molecule has 6 heteroatoms. The first-order valence-electron chi connectivity index (χ1n) is 15.0. The minimum Gasteiger partial charge on any atom is -0.504 e. The number of quaternary nitrogens is 2. The lowest BCUT2D eigenvalue weighted by Gasteiger charge is -2.37. The van der Waals surface area contributed by atoms with Crippen molar-refractivity contribution in [2.75, 3.05) is 41.4 Å². The standard InChI is InChI=1S/C36H40N2O4/c1-37-17-15-25-21-29(41-3)35(39)33(31(25)27(37)19-23-11-7-5-8-12-23)34-32-26(22-30(42-4)36(34)40)16-18-38(2)28(32)20-24-13-9-6-10-14-24/h5-14,21-22,27-28,39-40H,15-20H2,1-4H3/p+2/t27-,28-/m1/s1. The number of hydrogen-bond acceptors (Lipinski definition) is 4. The Kier molecular flexibility index (Phi) is 7.84. The Bertz CT molecular complexity index is 1450. The van der Waals surface area contributed by atoms with E-state index >= 15 is 0 Å². The molecule has 4 aromatic carbocycles. The van der Waals surface area contributed by atoms with Crippen molar-refractivity contribution < 1.29 is 29.5 Å². The van der Waals surface area contributed by atoms with E-state index in [-0.39, 0.29) is 23.6 Å². The first-order valence-corrected chi connectivity index (χ1v) is 15.0. The topological polar surface area (TPSA) is 67.8 Å². The summed E-state index contributed by atoms with van der Waals surface area (Å²) in [4.78, 5) is 2.77. The maximum atomic E-state index is 12.0. The summed E-state index contributed by atoms with van der Waals surface area (Å²) in [6.07, 6.45) is 3.37. The number of phenolic OH excluding ortho intramolecular Hbond substituents is 2. The molecule has 0 saturated heterocycles. The third-order valence-electron chi connectivity index (χ3n) is 9.50. The molecule has 0 radical (unpaired) electrons. The fraction of sp³-hybridized carbons (Fsp3) is 0.333. The summed E-state index contributed by atoms with van der Waals surface area (Å²) >= 11 is 0. The first-order chi connectivity index (χ1) is 20.4. The number of ether oxygens (including phenoxy) is 2. The van der Waals surface area contributed by atoms with Gasteiger partial charge in [-0.1, -0.05) is 60.7 Å². The van der Waals surface area contributed by atoms with Gasteiger partial charge in [0.15, 0.2) is 23.0 Å². The molecular formula is C36H42N2O4+2.